The molecule has 4 N–H and O–H groups in total. The highest BCUT2D eigenvalue weighted by atomic mass is 16.6. The van der Waals surface area contributed by atoms with E-state index in [0.29, 0.717) is 12.5 Å². The van der Waals surface area contributed by atoms with E-state index < -0.39 is 10.8 Å². The van der Waals surface area contributed by atoms with Crippen molar-refractivity contribution in [1.82, 2.24) is 10.3 Å². The van der Waals surface area contributed by atoms with Gasteiger partial charge in [0, 0.05) is 24.6 Å². The number of nitrogens with zero attached hydrogens (tertiary/aromatic N) is 1. The van der Waals surface area contributed by atoms with Gasteiger partial charge in [0.25, 0.3) is 5.91 Å². The molecule has 8 heteroatoms. The number of carbonyl (C=O) groups is 1. The molecule has 20 heavy (non-hydrogen) atoms. The zero-order chi connectivity index (χ0) is 14.3. The molecule has 2 aliphatic rings. The average Bonchev–Trinajstić information content (AvgIpc) is 2.94. The standard InChI is InChI=1S/C12H16N4O4/c13-9-6-2-1-5-20-11(6)10(9)15-12(17)7-3-4-8(14-7)16(18)19/h3-4,6,9-11,14H,1-2,5,13H2,(H,15,17). The maximum atomic E-state index is 12.0. The van der Waals surface area contributed by atoms with E-state index in [1.165, 1.54) is 12.1 Å². The van der Waals surface area contributed by atoms with Gasteiger partial charge in [-0.2, -0.15) is 0 Å². The van der Waals surface area contributed by atoms with Crippen molar-refractivity contribution >= 4 is 11.7 Å². The van der Waals surface area contributed by atoms with E-state index in [1.807, 2.05) is 0 Å². The largest absolute Gasteiger partial charge is 0.376 e. The van der Waals surface area contributed by atoms with Gasteiger partial charge in [-0.15, -0.1) is 0 Å². The molecule has 1 saturated heterocycles. The number of amides is 1. The fourth-order valence-corrected chi connectivity index (χ4v) is 2.98. The van der Waals surface area contributed by atoms with Crippen molar-refractivity contribution in [3.63, 3.8) is 0 Å². The molecule has 3 rings (SSSR count). The van der Waals surface area contributed by atoms with Gasteiger partial charge in [0.2, 0.25) is 0 Å². The van der Waals surface area contributed by atoms with Crippen molar-refractivity contribution in [2.24, 2.45) is 11.7 Å². The molecule has 1 saturated carbocycles. The Kier molecular flexibility index (Phi) is 3.19. The maximum Gasteiger partial charge on any atom is 0.321 e. The van der Waals surface area contributed by atoms with Gasteiger partial charge in [-0.05, 0) is 23.8 Å². The summed E-state index contributed by atoms with van der Waals surface area (Å²) >= 11 is 0. The van der Waals surface area contributed by atoms with Crippen molar-refractivity contribution < 1.29 is 14.5 Å². The molecule has 4 unspecified atom stereocenters. The van der Waals surface area contributed by atoms with E-state index in [-0.39, 0.29) is 29.7 Å². The summed E-state index contributed by atoms with van der Waals surface area (Å²) in [5.41, 5.74) is 6.20. The second-order valence-corrected chi connectivity index (χ2v) is 5.23. The van der Waals surface area contributed by atoms with Crippen LogP contribution in [0.15, 0.2) is 12.1 Å². The molecule has 2 heterocycles. The van der Waals surface area contributed by atoms with Crippen LogP contribution in [0, 0.1) is 16.0 Å². The molecule has 0 spiro atoms. The molecular formula is C12H16N4O4. The van der Waals surface area contributed by atoms with E-state index >= 15 is 0 Å². The van der Waals surface area contributed by atoms with E-state index in [9.17, 15) is 14.9 Å². The van der Waals surface area contributed by atoms with Crippen LogP contribution in [-0.4, -0.2) is 40.6 Å². The van der Waals surface area contributed by atoms with Gasteiger partial charge in [0.05, 0.1) is 12.1 Å². The van der Waals surface area contributed by atoms with E-state index in [4.69, 9.17) is 10.5 Å². The first-order chi connectivity index (χ1) is 9.58. The molecule has 108 valence electrons. The first-order valence-electron chi connectivity index (χ1n) is 6.59. The highest BCUT2D eigenvalue weighted by Crippen LogP contribution is 2.37. The Morgan fingerprint density at radius 2 is 2.35 bits per heavy atom. The van der Waals surface area contributed by atoms with Crippen molar-refractivity contribution in [2.75, 3.05) is 6.61 Å². The third-order valence-corrected chi connectivity index (χ3v) is 4.09. The van der Waals surface area contributed by atoms with Crippen LogP contribution in [0.2, 0.25) is 0 Å². The molecule has 1 amide bonds. The lowest BCUT2D eigenvalue weighted by atomic mass is 9.68. The highest BCUT2D eigenvalue weighted by molar-refractivity contribution is 5.93. The number of nitro groups is 1. The van der Waals surface area contributed by atoms with Gasteiger partial charge in [-0.1, -0.05) is 0 Å². The predicted octanol–water partition coefficient (Wildman–Crippen LogP) is 0.157. The summed E-state index contributed by atoms with van der Waals surface area (Å²) in [4.78, 5) is 24.5. The number of H-pyrrole nitrogens is 1. The zero-order valence-corrected chi connectivity index (χ0v) is 10.7. The molecule has 1 aromatic heterocycles. The van der Waals surface area contributed by atoms with Gasteiger partial charge in [0.15, 0.2) is 5.69 Å². The number of hydrogen-bond donors (Lipinski definition) is 3. The molecule has 8 nitrogen and oxygen atoms in total. The van der Waals surface area contributed by atoms with Gasteiger partial charge in [-0.3, -0.25) is 4.79 Å². The summed E-state index contributed by atoms with van der Waals surface area (Å²) in [5, 5.41) is 13.4. The molecule has 0 bridgehead atoms. The Morgan fingerprint density at radius 1 is 1.55 bits per heavy atom. The smallest absolute Gasteiger partial charge is 0.321 e. The maximum absolute atomic E-state index is 12.0. The number of aromatic nitrogens is 1. The van der Waals surface area contributed by atoms with Crippen LogP contribution < -0.4 is 11.1 Å². The van der Waals surface area contributed by atoms with Gasteiger partial charge in [-0.25, -0.2) is 4.98 Å². The lowest BCUT2D eigenvalue weighted by molar-refractivity contribution is -0.389. The first kappa shape index (κ1) is 13.1. The summed E-state index contributed by atoms with van der Waals surface area (Å²) in [6.45, 7) is 0.689. The molecule has 1 aliphatic carbocycles. The van der Waals surface area contributed by atoms with Crippen molar-refractivity contribution in [2.45, 2.75) is 31.0 Å². The molecule has 0 aromatic carbocycles. The third-order valence-electron chi connectivity index (χ3n) is 4.09. The number of hydrogen-bond acceptors (Lipinski definition) is 5. The Labute approximate surface area is 114 Å². The fourth-order valence-electron chi connectivity index (χ4n) is 2.98. The Hall–Kier alpha value is -1.93. The van der Waals surface area contributed by atoms with Crippen LogP contribution in [-0.2, 0) is 4.74 Å². The minimum Gasteiger partial charge on any atom is -0.376 e. The molecular weight excluding hydrogens is 264 g/mol. The SMILES string of the molecule is NC1C2CCCOC2C1NC(=O)c1ccc([N+](=O)[O-])[nH]1. The van der Waals surface area contributed by atoms with Crippen LogP contribution in [0.1, 0.15) is 23.3 Å². The van der Waals surface area contributed by atoms with E-state index in [0.717, 1.165) is 12.8 Å². The lowest BCUT2D eigenvalue weighted by Gasteiger charge is -2.52. The Morgan fingerprint density at radius 3 is 3.05 bits per heavy atom. The number of ether oxygens (including phenoxy) is 1. The number of fused-ring (bicyclic) bond motifs is 1. The summed E-state index contributed by atoms with van der Waals surface area (Å²) in [7, 11) is 0. The van der Waals surface area contributed by atoms with E-state index in [2.05, 4.69) is 10.3 Å². The third kappa shape index (κ3) is 2.06. The van der Waals surface area contributed by atoms with Crippen LogP contribution >= 0.6 is 0 Å². The summed E-state index contributed by atoms with van der Waals surface area (Å²) in [5.74, 6) is -0.307. The number of nitrogens with one attached hydrogen (secondary N) is 2. The number of carbonyl (C=O) groups excluding carboxylic acids is 1. The zero-order valence-electron chi connectivity index (χ0n) is 10.7. The van der Waals surface area contributed by atoms with Gasteiger partial charge >= 0.3 is 5.82 Å². The van der Waals surface area contributed by atoms with Crippen molar-refractivity contribution in [3.05, 3.63) is 27.9 Å². The summed E-state index contributed by atoms with van der Waals surface area (Å²) in [6.07, 6.45) is 1.98. The minimum absolute atomic E-state index is 0.0346. The second kappa shape index (κ2) is 4.88. The van der Waals surface area contributed by atoms with Crippen LogP contribution in [0.4, 0.5) is 5.82 Å². The Balaban J connectivity index is 1.65. The van der Waals surface area contributed by atoms with Crippen LogP contribution in [0.3, 0.4) is 0 Å². The molecule has 1 aliphatic heterocycles. The number of nitrogens with two attached hydrogens (primary N) is 1. The first-order valence-corrected chi connectivity index (χ1v) is 6.59. The highest BCUT2D eigenvalue weighted by Gasteiger charge is 2.51. The normalized spacial score (nSPS) is 32.0. The molecule has 0 radical (unpaired) electrons. The lowest BCUT2D eigenvalue weighted by Crippen LogP contribution is -2.72. The number of aromatic amines is 1. The molecule has 2 fully saturated rings. The van der Waals surface area contributed by atoms with Crippen molar-refractivity contribution in [3.8, 4) is 0 Å². The van der Waals surface area contributed by atoms with Crippen molar-refractivity contribution in [1.29, 1.82) is 0 Å². The van der Waals surface area contributed by atoms with E-state index in [1.54, 1.807) is 0 Å². The average molecular weight is 280 g/mol. The molecule has 4 atom stereocenters. The second-order valence-electron chi connectivity index (χ2n) is 5.23. The minimum atomic E-state index is -0.577. The topological polar surface area (TPSA) is 123 Å². The summed E-state index contributed by atoms with van der Waals surface area (Å²) < 4.78 is 5.63. The predicted molar refractivity (Wildman–Crippen MR) is 69.1 cm³/mol. The molecule has 1 aromatic rings. The fraction of sp³-hybridized carbons (Fsp3) is 0.583. The van der Waals surface area contributed by atoms with Crippen LogP contribution in [0.5, 0.6) is 0 Å². The van der Waals surface area contributed by atoms with Gasteiger partial charge in [0.1, 0.15) is 0 Å². The van der Waals surface area contributed by atoms with Gasteiger partial charge < -0.3 is 25.9 Å². The monoisotopic (exact) mass is 280 g/mol. The quantitative estimate of drug-likeness (QED) is 0.537. The Bertz CT molecular complexity index is 543. The summed E-state index contributed by atoms with van der Waals surface area (Å²) in [6, 6.07) is 2.30. The van der Waals surface area contributed by atoms with Crippen LogP contribution in [0.25, 0.3) is 0 Å². The number of rotatable bonds is 3.